The zero-order valence-electron chi connectivity index (χ0n) is 16.6. The minimum absolute atomic E-state index is 0.0744. The van der Waals surface area contributed by atoms with E-state index in [-0.39, 0.29) is 23.9 Å². The Labute approximate surface area is 173 Å². The number of nitrogens with zero attached hydrogens (tertiary/aromatic N) is 3. The summed E-state index contributed by atoms with van der Waals surface area (Å²) in [7, 11) is 2.92. The quantitative estimate of drug-likeness (QED) is 0.452. The van der Waals surface area contributed by atoms with E-state index < -0.39 is 0 Å². The molecular weight excluding hydrogens is 392 g/mol. The van der Waals surface area contributed by atoms with Gasteiger partial charge >= 0.3 is 0 Å². The molecule has 0 atom stereocenters. The van der Waals surface area contributed by atoms with E-state index in [1.165, 1.54) is 18.9 Å². The third-order valence-corrected chi connectivity index (χ3v) is 4.37. The van der Waals surface area contributed by atoms with Gasteiger partial charge in [0, 0.05) is 5.56 Å². The third-order valence-electron chi connectivity index (χ3n) is 4.11. The van der Waals surface area contributed by atoms with Crippen LogP contribution in [-0.2, 0) is 6.61 Å². The van der Waals surface area contributed by atoms with E-state index in [0.717, 1.165) is 16.9 Å². The molecule has 0 saturated carbocycles. The van der Waals surface area contributed by atoms with Crippen molar-refractivity contribution in [3.05, 3.63) is 57.6 Å². The fourth-order valence-corrected chi connectivity index (χ4v) is 3.01. The topological polar surface area (TPSA) is 93.9 Å². The molecule has 0 fully saturated rings. The minimum Gasteiger partial charge on any atom is -0.502 e. The maximum Gasteiger partial charge on any atom is 0.216 e. The molecule has 0 radical (unpaired) electrons. The molecule has 0 aliphatic heterocycles. The van der Waals surface area contributed by atoms with Crippen LogP contribution in [0, 0.1) is 18.6 Å². The summed E-state index contributed by atoms with van der Waals surface area (Å²) in [5, 5.41) is 21.3. The van der Waals surface area contributed by atoms with Crippen molar-refractivity contribution in [2.24, 2.45) is 5.10 Å². The summed E-state index contributed by atoms with van der Waals surface area (Å²) in [6.45, 7) is 4.22. The molecule has 0 bridgehead atoms. The smallest absolute Gasteiger partial charge is 0.216 e. The summed E-state index contributed by atoms with van der Waals surface area (Å²) < 4.78 is 18.0. The van der Waals surface area contributed by atoms with Crippen molar-refractivity contribution in [1.29, 1.82) is 0 Å². The third kappa shape index (κ3) is 4.75. The number of benzene rings is 2. The molecule has 0 aliphatic carbocycles. The number of aromatic nitrogens is 3. The van der Waals surface area contributed by atoms with Crippen molar-refractivity contribution in [2.75, 3.05) is 14.2 Å². The second-order valence-corrected chi connectivity index (χ2v) is 6.77. The molecule has 0 aliphatic rings. The van der Waals surface area contributed by atoms with Gasteiger partial charge in [0.1, 0.15) is 12.4 Å². The largest absolute Gasteiger partial charge is 0.502 e. The lowest BCUT2D eigenvalue weighted by atomic mass is 10.1. The SMILES string of the molecule is COc1cc(/C=N/n2c(COc3cc(C)cc(C)c3)n[nH]c2=S)cc(OC)c1O. The summed E-state index contributed by atoms with van der Waals surface area (Å²) in [4.78, 5) is 0. The van der Waals surface area contributed by atoms with E-state index in [1.54, 1.807) is 18.3 Å². The first kappa shape index (κ1) is 20.4. The van der Waals surface area contributed by atoms with E-state index in [1.807, 2.05) is 26.0 Å². The number of nitrogens with one attached hydrogen (secondary N) is 1. The average molecular weight is 414 g/mol. The van der Waals surface area contributed by atoms with Crippen LogP contribution in [-0.4, -0.2) is 40.4 Å². The number of phenolic OH excluding ortho intramolecular Hbond substituents is 1. The second kappa shape index (κ2) is 8.78. The highest BCUT2D eigenvalue weighted by molar-refractivity contribution is 7.71. The molecule has 3 aromatic rings. The van der Waals surface area contributed by atoms with E-state index >= 15 is 0 Å². The first-order valence-corrected chi connectivity index (χ1v) is 9.19. The molecule has 3 rings (SSSR count). The van der Waals surface area contributed by atoms with Crippen LogP contribution in [0.3, 0.4) is 0 Å². The lowest BCUT2D eigenvalue weighted by molar-refractivity contribution is 0.290. The van der Waals surface area contributed by atoms with Gasteiger partial charge in [0.2, 0.25) is 10.5 Å². The summed E-state index contributed by atoms with van der Waals surface area (Å²) in [5.41, 5.74) is 2.89. The Kier molecular flexibility index (Phi) is 6.18. The Morgan fingerprint density at radius 3 is 2.31 bits per heavy atom. The fraction of sp³-hybridized carbons (Fsp3) is 0.250. The number of methoxy groups -OCH3 is 2. The van der Waals surface area contributed by atoms with Crippen molar-refractivity contribution in [2.45, 2.75) is 20.5 Å². The van der Waals surface area contributed by atoms with Gasteiger partial charge in [-0.25, -0.2) is 5.10 Å². The van der Waals surface area contributed by atoms with Crippen LogP contribution < -0.4 is 14.2 Å². The van der Waals surface area contributed by atoms with Gasteiger partial charge in [-0.3, -0.25) is 0 Å². The van der Waals surface area contributed by atoms with Crippen LogP contribution in [0.1, 0.15) is 22.5 Å². The van der Waals surface area contributed by atoms with E-state index in [0.29, 0.717) is 16.2 Å². The van der Waals surface area contributed by atoms with E-state index in [4.69, 9.17) is 26.4 Å². The van der Waals surface area contributed by atoms with Gasteiger partial charge in [-0.1, -0.05) is 6.07 Å². The zero-order chi connectivity index (χ0) is 21.0. The van der Waals surface area contributed by atoms with Gasteiger partial charge in [-0.05, 0) is 61.5 Å². The Bertz CT molecular complexity index is 1060. The standard InChI is InChI=1S/C20H22N4O4S/c1-12-5-13(2)7-15(6-12)28-11-18-22-23-20(29)24(18)21-10-14-8-16(26-3)19(25)17(9-14)27-4/h5-10,25H,11H2,1-4H3,(H,23,29)/b21-10+. The molecule has 2 aromatic carbocycles. The summed E-state index contributed by atoms with van der Waals surface area (Å²) in [6, 6.07) is 9.26. The Morgan fingerprint density at radius 2 is 1.72 bits per heavy atom. The Balaban J connectivity index is 1.84. The molecule has 0 unspecified atom stereocenters. The summed E-state index contributed by atoms with van der Waals surface area (Å²) in [5.74, 6) is 1.75. The first-order valence-electron chi connectivity index (χ1n) is 8.78. The number of aryl methyl sites for hydroxylation is 2. The van der Waals surface area contributed by atoms with Crippen molar-refractivity contribution < 1.29 is 19.3 Å². The molecule has 0 saturated heterocycles. The van der Waals surface area contributed by atoms with Crippen molar-refractivity contribution in [1.82, 2.24) is 14.9 Å². The van der Waals surface area contributed by atoms with Gasteiger partial charge in [-0.2, -0.15) is 14.9 Å². The molecule has 152 valence electrons. The maximum atomic E-state index is 10.0. The monoisotopic (exact) mass is 414 g/mol. The predicted molar refractivity (Wildman–Crippen MR) is 112 cm³/mol. The fourth-order valence-electron chi connectivity index (χ4n) is 2.81. The number of aromatic hydroxyl groups is 1. The van der Waals surface area contributed by atoms with Gasteiger partial charge in [-0.15, -0.1) is 0 Å². The number of ether oxygens (including phenoxy) is 3. The van der Waals surface area contributed by atoms with Crippen LogP contribution >= 0.6 is 12.2 Å². The Morgan fingerprint density at radius 1 is 1.10 bits per heavy atom. The number of H-pyrrole nitrogens is 1. The second-order valence-electron chi connectivity index (χ2n) is 6.39. The lowest BCUT2D eigenvalue weighted by Crippen LogP contribution is -2.04. The van der Waals surface area contributed by atoms with Crippen molar-refractivity contribution in [3.63, 3.8) is 0 Å². The van der Waals surface area contributed by atoms with Crippen LogP contribution in [0.5, 0.6) is 23.0 Å². The molecule has 0 spiro atoms. The van der Waals surface area contributed by atoms with Crippen molar-refractivity contribution in [3.8, 4) is 23.0 Å². The average Bonchev–Trinajstić information content (AvgIpc) is 3.04. The molecule has 9 heteroatoms. The molecule has 0 amide bonds. The number of hydrogen-bond acceptors (Lipinski definition) is 7. The molecular formula is C20H22N4O4S. The number of phenols is 1. The highest BCUT2D eigenvalue weighted by atomic mass is 32.1. The first-order chi connectivity index (χ1) is 13.9. The van der Waals surface area contributed by atoms with Gasteiger partial charge in [0.15, 0.2) is 17.3 Å². The molecule has 1 heterocycles. The number of aromatic amines is 1. The van der Waals surface area contributed by atoms with Crippen LogP contribution in [0.2, 0.25) is 0 Å². The lowest BCUT2D eigenvalue weighted by Gasteiger charge is -2.09. The minimum atomic E-state index is -0.0744. The molecule has 29 heavy (non-hydrogen) atoms. The Hall–Kier alpha value is -3.33. The molecule has 2 N–H and O–H groups in total. The molecule has 1 aromatic heterocycles. The van der Waals surface area contributed by atoms with E-state index in [2.05, 4.69) is 21.4 Å². The zero-order valence-corrected chi connectivity index (χ0v) is 17.4. The number of hydrogen-bond donors (Lipinski definition) is 2. The maximum absolute atomic E-state index is 10.0. The summed E-state index contributed by atoms with van der Waals surface area (Å²) in [6.07, 6.45) is 1.57. The summed E-state index contributed by atoms with van der Waals surface area (Å²) >= 11 is 5.26. The predicted octanol–water partition coefficient (Wildman–Crippen LogP) is 3.74. The van der Waals surface area contributed by atoms with Crippen LogP contribution in [0.15, 0.2) is 35.4 Å². The van der Waals surface area contributed by atoms with Gasteiger partial charge < -0.3 is 19.3 Å². The van der Waals surface area contributed by atoms with Crippen molar-refractivity contribution >= 4 is 18.4 Å². The van der Waals surface area contributed by atoms with Crippen LogP contribution in [0.25, 0.3) is 0 Å². The van der Waals surface area contributed by atoms with Gasteiger partial charge in [0.25, 0.3) is 0 Å². The number of rotatable bonds is 7. The van der Waals surface area contributed by atoms with Gasteiger partial charge in [0.05, 0.1) is 20.4 Å². The normalized spacial score (nSPS) is 11.0. The highest BCUT2D eigenvalue weighted by Gasteiger charge is 2.11. The van der Waals surface area contributed by atoms with Crippen LogP contribution in [0.4, 0.5) is 0 Å². The molecule has 8 nitrogen and oxygen atoms in total. The van der Waals surface area contributed by atoms with E-state index in [9.17, 15) is 5.11 Å². The highest BCUT2D eigenvalue weighted by Crippen LogP contribution is 2.36.